The fraction of sp³-hybridized carbons (Fsp3) is 0.231. The fourth-order valence-electron chi connectivity index (χ4n) is 4.03. The summed E-state index contributed by atoms with van der Waals surface area (Å²) in [5.74, 6) is -0.404. The Morgan fingerprint density at radius 3 is 2.33 bits per heavy atom. The number of carbonyl (C=O) groups is 2. The van der Waals surface area contributed by atoms with Crippen LogP contribution in [0, 0.1) is 0 Å². The molecule has 8 nitrogen and oxygen atoms in total. The summed E-state index contributed by atoms with van der Waals surface area (Å²) in [5.41, 5.74) is 0.878. The number of para-hydroxylation sites is 1. The monoisotopic (exact) mass is 527 g/mol. The van der Waals surface area contributed by atoms with Crippen molar-refractivity contribution in [1.82, 2.24) is 4.90 Å². The Labute approximate surface area is 215 Å². The second kappa shape index (κ2) is 11.0. The number of halogens is 1. The molecule has 0 spiro atoms. The molecule has 1 saturated heterocycles. The Balaban J connectivity index is 1.64. The molecular weight excluding hydrogens is 502 g/mol. The highest BCUT2D eigenvalue weighted by molar-refractivity contribution is 7.92. The minimum Gasteiger partial charge on any atom is -0.495 e. The molecule has 2 amide bonds. The van der Waals surface area contributed by atoms with Crippen LogP contribution in [0.15, 0.2) is 77.7 Å². The van der Waals surface area contributed by atoms with Gasteiger partial charge in [-0.25, -0.2) is 8.42 Å². The predicted octanol–water partition coefficient (Wildman–Crippen LogP) is 4.42. The topological polar surface area (TPSA) is 96.0 Å². The normalized spacial score (nSPS) is 13.3. The van der Waals surface area contributed by atoms with Gasteiger partial charge in [0.05, 0.1) is 34.0 Å². The van der Waals surface area contributed by atoms with Crippen molar-refractivity contribution in [2.45, 2.75) is 17.7 Å². The molecule has 1 heterocycles. The van der Waals surface area contributed by atoms with Crippen molar-refractivity contribution in [1.29, 1.82) is 0 Å². The lowest BCUT2D eigenvalue weighted by Gasteiger charge is -2.25. The first-order valence-corrected chi connectivity index (χ1v) is 13.2. The second-order valence-corrected chi connectivity index (χ2v) is 10.5. The lowest BCUT2D eigenvalue weighted by atomic mass is 10.1. The second-order valence-electron chi connectivity index (χ2n) is 8.24. The number of hydrogen-bond donors (Lipinski definition) is 1. The molecule has 1 aliphatic rings. The molecule has 1 aliphatic heterocycles. The number of benzene rings is 3. The molecule has 1 fully saturated rings. The third-order valence-electron chi connectivity index (χ3n) is 5.87. The third-order valence-corrected chi connectivity index (χ3v) is 7.95. The Morgan fingerprint density at radius 1 is 1.00 bits per heavy atom. The lowest BCUT2D eigenvalue weighted by molar-refractivity contribution is -0.114. The van der Waals surface area contributed by atoms with Gasteiger partial charge in [-0.1, -0.05) is 41.9 Å². The maximum atomic E-state index is 13.5. The number of hydrogen-bond acceptors (Lipinski definition) is 5. The van der Waals surface area contributed by atoms with E-state index in [2.05, 4.69) is 5.32 Å². The van der Waals surface area contributed by atoms with E-state index in [0.717, 1.165) is 17.1 Å². The Kier molecular flexibility index (Phi) is 7.81. The number of nitrogens with zero attached hydrogens (tertiary/aromatic N) is 2. The highest BCUT2D eigenvalue weighted by atomic mass is 35.5. The van der Waals surface area contributed by atoms with E-state index in [4.69, 9.17) is 16.3 Å². The minimum absolute atomic E-state index is 0.0225. The molecule has 0 bridgehead atoms. The van der Waals surface area contributed by atoms with Gasteiger partial charge in [0.15, 0.2) is 0 Å². The molecule has 36 heavy (non-hydrogen) atoms. The fourth-order valence-corrected chi connectivity index (χ4v) is 5.72. The van der Waals surface area contributed by atoms with Crippen LogP contribution in [0.2, 0.25) is 5.02 Å². The van der Waals surface area contributed by atoms with Gasteiger partial charge in [-0.05, 0) is 55.3 Å². The Hall–Kier alpha value is -3.56. The van der Waals surface area contributed by atoms with Gasteiger partial charge in [-0.2, -0.15) is 0 Å². The number of nitrogens with one attached hydrogen (secondary N) is 1. The molecule has 0 aromatic heterocycles. The van der Waals surface area contributed by atoms with Crippen molar-refractivity contribution in [3.8, 4) is 5.75 Å². The van der Waals surface area contributed by atoms with E-state index in [0.29, 0.717) is 30.1 Å². The van der Waals surface area contributed by atoms with E-state index in [-0.39, 0.29) is 21.5 Å². The summed E-state index contributed by atoms with van der Waals surface area (Å²) in [5, 5.41) is 2.92. The molecule has 188 valence electrons. The SMILES string of the molecule is COc1ccc(N(CC(=O)Nc2ccccc2C(=O)N2CCCC2)S(=O)(=O)c2ccccc2)cc1Cl. The zero-order valence-corrected chi connectivity index (χ0v) is 21.3. The van der Waals surface area contributed by atoms with E-state index in [1.165, 1.54) is 37.4 Å². The summed E-state index contributed by atoms with van der Waals surface area (Å²) in [7, 11) is -2.67. The first kappa shape index (κ1) is 25.5. The van der Waals surface area contributed by atoms with Crippen molar-refractivity contribution >= 4 is 44.8 Å². The molecular formula is C26H26ClN3O5S. The molecule has 0 unspecified atom stereocenters. The summed E-state index contributed by atoms with van der Waals surface area (Å²) in [6.45, 7) is 0.803. The van der Waals surface area contributed by atoms with Gasteiger partial charge in [-0.3, -0.25) is 13.9 Å². The number of anilines is 2. The maximum Gasteiger partial charge on any atom is 0.264 e. The van der Waals surface area contributed by atoms with Gasteiger partial charge in [0.1, 0.15) is 12.3 Å². The van der Waals surface area contributed by atoms with E-state index in [9.17, 15) is 18.0 Å². The standard InChI is InChI=1S/C26H26ClN3O5S/c1-35-24-14-13-19(17-22(24)27)30(36(33,34)20-9-3-2-4-10-20)18-25(31)28-23-12-6-5-11-21(23)26(32)29-15-7-8-16-29/h2-6,9-14,17H,7-8,15-16,18H2,1H3,(H,28,31). The first-order chi connectivity index (χ1) is 17.3. The van der Waals surface area contributed by atoms with Crippen LogP contribution in [-0.4, -0.2) is 51.9 Å². The molecule has 3 aromatic carbocycles. The number of ether oxygens (including phenoxy) is 1. The van der Waals surface area contributed by atoms with Gasteiger partial charge >= 0.3 is 0 Å². The van der Waals surface area contributed by atoms with E-state index < -0.39 is 22.5 Å². The summed E-state index contributed by atoms with van der Waals surface area (Å²) in [6.07, 6.45) is 1.88. The van der Waals surface area contributed by atoms with Gasteiger partial charge in [-0.15, -0.1) is 0 Å². The Morgan fingerprint density at radius 2 is 1.67 bits per heavy atom. The summed E-state index contributed by atoms with van der Waals surface area (Å²) in [6, 6.07) is 19.0. The van der Waals surface area contributed by atoms with E-state index in [1.807, 2.05) is 0 Å². The van der Waals surface area contributed by atoms with Crippen molar-refractivity contribution in [3.05, 3.63) is 83.4 Å². The summed E-state index contributed by atoms with van der Waals surface area (Å²) in [4.78, 5) is 27.9. The lowest BCUT2D eigenvalue weighted by Crippen LogP contribution is -2.38. The number of sulfonamides is 1. The zero-order chi connectivity index (χ0) is 25.7. The summed E-state index contributed by atoms with van der Waals surface area (Å²) >= 11 is 6.26. The first-order valence-electron chi connectivity index (χ1n) is 11.4. The molecule has 4 rings (SSSR count). The molecule has 0 atom stereocenters. The predicted molar refractivity (Wildman–Crippen MR) is 139 cm³/mol. The molecule has 1 N–H and O–H groups in total. The van der Waals surface area contributed by atoms with Gasteiger partial charge in [0.2, 0.25) is 5.91 Å². The maximum absolute atomic E-state index is 13.5. The smallest absolute Gasteiger partial charge is 0.264 e. The third kappa shape index (κ3) is 5.47. The van der Waals surface area contributed by atoms with Gasteiger partial charge < -0.3 is 15.0 Å². The van der Waals surface area contributed by atoms with Crippen molar-refractivity contribution in [2.24, 2.45) is 0 Å². The van der Waals surface area contributed by atoms with Crippen molar-refractivity contribution in [3.63, 3.8) is 0 Å². The van der Waals surface area contributed by atoms with Crippen LogP contribution in [0.5, 0.6) is 5.75 Å². The highest BCUT2D eigenvalue weighted by Crippen LogP contribution is 2.32. The molecule has 0 aliphatic carbocycles. The largest absolute Gasteiger partial charge is 0.495 e. The van der Waals surface area contributed by atoms with Gasteiger partial charge in [0, 0.05) is 13.1 Å². The average molecular weight is 528 g/mol. The number of methoxy groups -OCH3 is 1. The van der Waals surface area contributed by atoms with Crippen LogP contribution in [0.1, 0.15) is 23.2 Å². The van der Waals surface area contributed by atoms with Crippen molar-refractivity contribution in [2.75, 3.05) is 36.4 Å². The minimum atomic E-state index is -4.12. The molecule has 0 radical (unpaired) electrons. The van der Waals surface area contributed by atoms with Crippen LogP contribution in [-0.2, 0) is 14.8 Å². The number of likely N-dealkylation sites (tertiary alicyclic amines) is 1. The molecule has 0 saturated carbocycles. The van der Waals surface area contributed by atoms with Crippen LogP contribution in [0.4, 0.5) is 11.4 Å². The summed E-state index contributed by atoms with van der Waals surface area (Å²) < 4.78 is 33.2. The molecule has 3 aromatic rings. The highest BCUT2D eigenvalue weighted by Gasteiger charge is 2.29. The average Bonchev–Trinajstić information content (AvgIpc) is 3.43. The Bertz CT molecular complexity index is 1360. The van der Waals surface area contributed by atoms with Crippen LogP contribution < -0.4 is 14.4 Å². The van der Waals surface area contributed by atoms with Gasteiger partial charge in [0.25, 0.3) is 15.9 Å². The zero-order valence-electron chi connectivity index (χ0n) is 19.7. The van der Waals surface area contributed by atoms with Crippen LogP contribution >= 0.6 is 11.6 Å². The molecule has 10 heteroatoms. The number of rotatable bonds is 8. The van der Waals surface area contributed by atoms with E-state index >= 15 is 0 Å². The van der Waals surface area contributed by atoms with E-state index in [1.54, 1.807) is 47.4 Å². The van der Waals surface area contributed by atoms with Crippen molar-refractivity contribution < 1.29 is 22.7 Å². The number of carbonyl (C=O) groups excluding carboxylic acids is 2. The quantitative estimate of drug-likeness (QED) is 0.468. The van der Waals surface area contributed by atoms with Crippen LogP contribution in [0.25, 0.3) is 0 Å². The van der Waals surface area contributed by atoms with Crippen LogP contribution in [0.3, 0.4) is 0 Å². The number of amides is 2.